The lowest BCUT2D eigenvalue weighted by atomic mass is 10.0. The summed E-state index contributed by atoms with van der Waals surface area (Å²) in [4.78, 5) is 149. The van der Waals surface area contributed by atoms with Crippen LogP contribution in [0, 0.1) is 5.92 Å². The number of unbranched alkanes of at least 4 members (excludes halogenated alkanes) is 4. The molecule has 0 aromatic rings. The molecule has 0 unspecified atom stereocenters. The van der Waals surface area contributed by atoms with E-state index >= 15 is 0 Å². The first-order valence-electron chi connectivity index (χ1n) is 26.0. The molecule has 434 valence electrons. The van der Waals surface area contributed by atoms with E-state index in [1.807, 2.05) is 0 Å². The van der Waals surface area contributed by atoms with E-state index in [9.17, 15) is 68.1 Å². The van der Waals surface area contributed by atoms with Gasteiger partial charge in [0.15, 0.2) is 0 Å². The standard InChI is InChI=1S/C47H87N15O14/c1-6-7-8-9-10-11-35(66)54-28(12-17-48)43(72)62-38(27(5)65)47(76)59-30(14-19-50)41(70)58-32-16-21-52-46(75)37(26(4)64)61-44(73)31(15-20-51)56-40(69)29(13-18-49)57-45(74)33(22-25(2)3)55-36(67)23-53-39(68)34(24-63)60-42(32)71/h25-34,37-38,63-65H,6-24,48-51H2,1-5H3,(H,52,75)(H,53,68)(H,54,66)(H,55,67)(H,56,69)(H,57,74)(H,58,70)(H,59,76)(H,60,71)(H,61,73)(H,62,72)/t26-,27-,28+,29+,30+,31+,32+,33+,34+,37+,38+/m1/s1. The molecule has 0 aromatic heterocycles. The Labute approximate surface area is 443 Å². The second-order valence-electron chi connectivity index (χ2n) is 19.1. The number of amides is 11. The van der Waals surface area contributed by atoms with Gasteiger partial charge in [-0.3, -0.25) is 52.7 Å². The zero-order valence-corrected chi connectivity index (χ0v) is 44.5. The van der Waals surface area contributed by atoms with Gasteiger partial charge in [-0.15, -0.1) is 0 Å². The van der Waals surface area contributed by atoms with Crippen molar-refractivity contribution in [2.24, 2.45) is 28.9 Å². The van der Waals surface area contributed by atoms with Crippen molar-refractivity contribution >= 4 is 65.0 Å². The van der Waals surface area contributed by atoms with Crippen molar-refractivity contribution in [3.63, 3.8) is 0 Å². The molecule has 1 saturated heterocycles. The molecule has 1 aliphatic heterocycles. The van der Waals surface area contributed by atoms with Crippen LogP contribution in [0.3, 0.4) is 0 Å². The van der Waals surface area contributed by atoms with Gasteiger partial charge in [-0.2, -0.15) is 0 Å². The summed E-state index contributed by atoms with van der Waals surface area (Å²) in [5, 5.41) is 58.1. The number of carbonyl (C=O) groups excluding carboxylic acids is 11. The minimum absolute atomic E-state index is 0.0176. The molecule has 0 radical (unpaired) electrons. The Morgan fingerprint density at radius 3 is 1.68 bits per heavy atom. The second kappa shape index (κ2) is 36.8. The molecule has 0 spiro atoms. The summed E-state index contributed by atoms with van der Waals surface area (Å²) in [6, 6.07) is -13.6. The predicted molar refractivity (Wildman–Crippen MR) is 276 cm³/mol. The van der Waals surface area contributed by atoms with Crippen molar-refractivity contribution in [3.8, 4) is 0 Å². The van der Waals surface area contributed by atoms with Crippen LogP contribution in [0.5, 0.6) is 0 Å². The fraction of sp³-hybridized carbons (Fsp3) is 0.766. The third-order valence-electron chi connectivity index (χ3n) is 12.0. The molecule has 22 N–H and O–H groups in total. The Morgan fingerprint density at radius 2 is 1.16 bits per heavy atom. The fourth-order valence-electron chi connectivity index (χ4n) is 7.72. The van der Waals surface area contributed by atoms with Crippen LogP contribution in [0.25, 0.3) is 0 Å². The zero-order valence-electron chi connectivity index (χ0n) is 44.5. The number of hydrogen-bond acceptors (Lipinski definition) is 18. The number of hydrogen-bond donors (Lipinski definition) is 18. The molecule has 76 heavy (non-hydrogen) atoms. The average molecular weight is 1090 g/mol. The maximum atomic E-state index is 14.0. The maximum Gasteiger partial charge on any atom is 0.245 e. The molecule has 0 aromatic carbocycles. The molecule has 11 amide bonds. The summed E-state index contributed by atoms with van der Waals surface area (Å²) in [6.45, 7) is 5.10. The third kappa shape index (κ3) is 25.2. The maximum absolute atomic E-state index is 14.0. The van der Waals surface area contributed by atoms with E-state index < -0.39 is 158 Å². The van der Waals surface area contributed by atoms with Gasteiger partial charge in [0.05, 0.1) is 25.4 Å². The van der Waals surface area contributed by atoms with Gasteiger partial charge in [-0.25, -0.2) is 0 Å². The van der Waals surface area contributed by atoms with E-state index in [0.29, 0.717) is 6.42 Å². The minimum Gasteiger partial charge on any atom is -0.394 e. The Hall–Kier alpha value is -6.11. The average Bonchev–Trinajstić information content (AvgIpc) is 3.35. The largest absolute Gasteiger partial charge is 0.394 e. The van der Waals surface area contributed by atoms with Crippen LogP contribution >= 0.6 is 0 Å². The first-order chi connectivity index (χ1) is 36.0. The van der Waals surface area contributed by atoms with Crippen LogP contribution < -0.4 is 81.4 Å². The Balaban J connectivity index is 3.61. The quantitative estimate of drug-likeness (QED) is 0.0358. The topological polar surface area (TPSA) is 485 Å². The normalized spacial score (nSPS) is 22.8. The molecule has 1 rings (SSSR count). The van der Waals surface area contributed by atoms with Crippen molar-refractivity contribution in [3.05, 3.63) is 0 Å². The predicted octanol–water partition coefficient (Wildman–Crippen LogP) is -7.46. The molecular formula is C47H87N15O14. The fourth-order valence-corrected chi connectivity index (χ4v) is 7.72. The molecule has 1 aliphatic rings. The highest BCUT2D eigenvalue weighted by Crippen LogP contribution is 2.09. The Kier molecular flexibility index (Phi) is 32.9. The van der Waals surface area contributed by atoms with Crippen LogP contribution in [0.15, 0.2) is 0 Å². The van der Waals surface area contributed by atoms with Crippen molar-refractivity contribution in [2.75, 3.05) is 45.9 Å². The lowest BCUT2D eigenvalue weighted by molar-refractivity contribution is -0.137. The summed E-state index contributed by atoms with van der Waals surface area (Å²) in [6.07, 6.45) is 0.327. The molecule has 1 heterocycles. The van der Waals surface area contributed by atoms with Crippen molar-refractivity contribution in [2.45, 2.75) is 178 Å². The monoisotopic (exact) mass is 1090 g/mol. The number of nitrogens with two attached hydrogens (primary N) is 4. The van der Waals surface area contributed by atoms with Crippen LogP contribution in [-0.4, -0.2) is 193 Å². The molecular weight excluding hydrogens is 999 g/mol. The van der Waals surface area contributed by atoms with Gasteiger partial charge < -0.3 is 96.7 Å². The van der Waals surface area contributed by atoms with Gasteiger partial charge in [0.1, 0.15) is 54.4 Å². The Morgan fingerprint density at radius 1 is 0.605 bits per heavy atom. The van der Waals surface area contributed by atoms with Crippen LogP contribution in [0.2, 0.25) is 0 Å². The molecule has 29 heteroatoms. The second-order valence-corrected chi connectivity index (χ2v) is 19.1. The lowest BCUT2D eigenvalue weighted by Gasteiger charge is -2.28. The van der Waals surface area contributed by atoms with E-state index in [0.717, 1.165) is 25.7 Å². The summed E-state index contributed by atoms with van der Waals surface area (Å²) >= 11 is 0. The van der Waals surface area contributed by atoms with E-state index in [1.54, 1.807) is 13.8 Å². The minimum atomic E-state index is -1.77. The van der Waals surface area contributed by atoms with Crippen molar-refractivity contribution < 1.29 is 68.1 Å². The number of carbonyl (C=O) groups is 11. The summed E-state index contributed by atoms with van der Waals surface area (Å²) in [5.74, 6) is -10.4. The van der Waals surface area contributed by atoms with E-state index in [-0.39, 0.29) is 70.6 Å². The number of aliphatic hydroxyl groups excluding tert-OH is 3. The number of nitrogens with one attached hydrogen (secondary N) is 11. The van der Waals surface area contributed by atoms with Gasteiger partial charge in [0, 0.05) is 13.0 Å². The first-order valence-corrected chi connectivity index (χ1v) is 26.0. The van der Waals surface area contributed by atoms with Gasteiger partial charge in [0.2, 0.25) is 65.0 Å². The van der Waals surface area contributed by atoms with E-state index in [1.165, 1.54) is 13.8 Å². The highest BCUT2D eigenvalue weighted by molar-refractivity contribution is 5.98. The van der Waals surface area contributed by atoms with Crippen LogP contribution in [-0.2, 0) is 52.7 Å². The van der Waals surface area contributed by atoms with Crippen LogP contribution in [0.4, 0.5) is 0 Å². The first kappa shape index (κ1) is 67.9. The smallest absolute Gasteiger partial charge is 0.245 e. The molecule has 0 aliphatic carbocycles. The van der Waals surface area contributed by atoms with E-state index in [2.05, 4.69) is 65.4 Å². The van der Waals surface area contributed by atoms with Crippen molar-refractivity contribution in [1.82, 2.24) is 58.5 Å². The molecule has 0 bridgehead atoms. The highest BCUT2D eigenvalue weighted by Gasteiger charge is 2.36. The molecule has 0 saturated carbocycles. The summed E-state index contributed by atoms with van der Waals surface area (Å²) in [5.41, 5.74) is 23.0. The summed E-state index contributed by atoms with van der Waals surface area (Å²) in [7, 11) is 0. The SMILES string of the molecule is CCCCCCCC(=O)N[C@@H](CCN)C(=O)N[C@H](C(=O)N[C@@H](CCN)C(=O)N[C@H]1CCNC(=O)[C@H]([C@@H](C)O)NC(=O)[C@H](CCN)NC(=O)[C@H](CCN)NC(=O)[C@H](CC(C)C)NC(=O)CNC(=O)[C@H](CO)NC1=O)[C@@H](C)O. The van der Waals surface area contributed by atoms with Crippen LogP contribution in [0.1, 0.15) is 112 Å². The molecule has 1 fully saturated rings. The molecule has 29 nitrogen and oxygen atoms in total. The van der Waals surface area contributed by atoms with Crippen molar-refractivity contribution in [1.29, 1.82) is 0 Å². The van der Waals surface area contributed by atoms with Gasteiger partial charge in [-0.05, 0) is 90.9 Å². The number of rotatable bonds is 26. The number of aliphatic hydroxyl groups is 3. The zero-order chi connectivity index (χ0) is 57.5. The summed E-state index contributed by atoms with van der Waals surface area (Å²) < 4.78 is 0. The van der Waals surface area contributed by atoms with Gasteiger partial charge in [0.25, 0.3) is 0 Å². The lowest BCUT2D eigenvalue weighted by Crippen LogP contribution is -2.62. The highest BCUT2D eigenvalue weighted by atomic mass is 16.3. The third-order valence-corrected chi connectivity index (χ3v) is 12.0. The van der Waals surface area contributed by atoms with Gasteiger partial charge in [-0.1, -0.05) is 46.5 Å². The Bertz CT molecular complexity index is 1910. The van der Waals surface area contributed by atoms with Gasteiger partial charge >= 0.3 is 0 Å². The molecule has 11 atom stereocenters. The van der Waals surface area contributed by atoms with E-state index in [4.69, 9.17) is 22.9 Å².